The first kappa shape index (κ1) is 7.71. The number of hydrogen-bond acceptors (Lipinski definition) is 3. The van der Waals surface area contributed by atoms with Gasteiger partial charge < -0.3 is 5.32 Å². The molecule has 12 heavy (non-hydrogen) atoms. The van der Waals surface area contributed by atoms with Crippen LogP contribution in [0.1, 0.15) is 5.56 Å². The van der Waals surface area contributed by atoms with Crippen molar-refractivity contribution in [3.8, 4) is 0 Å². The highest BCUT2D eigenvalue weighted by Gasteiger charge is 2.00. The Morgan fingerprint density at radius 3 is 3.25 bits per heavy atom. The van der Waals surface area contributed by atoms with Gasteiger partial charge in [0.2, 0.25) is 0 Å². The Kier molecular flexibility index (Phi) is 2.06. The number of fused-ring (bicyclic) bond motifs is 1. The van der Waals surface area contributed by atoms with E-state index in [1.54, 1.807) is 11.3 Å². The molecule has 3 heteroatoms. The lowest BCUT2D eigenvalue weighted by Gasteiger charge is -1.99. The zero-order valence-electron chi connectivity index (χ0n) is 6.87. The molecule has 0 aliphatic rings. The summed E-state index contributed by atoms with van der Waals surface area (Å²) in [6.07, 6.45) is 0. The van der Waals surface area contributed by atoms with Crippen LogP contribution in [0.25, 0.3) is 10.2 Å². The zero-order valence-corrected chi connectivity index (χ0v) is 7.69. The first-order valence-corrected chi connectivity index (χ1v) is 4.75. The second kappa shape index (κ2) is 3.21. The predicted molar refractivity (Wildman–Crippen MR) is 52.4 cm³/mol. The van der Waals surface area contributed by atoms with Gasteiger partial charge in [0, 0.05) is 6.54 Å². The third-order valence-electron chi connectivity index (χ3n) is 1.81. The van der Waals surface area contributed by atoms with Gasteiger partial charge in [0.05, 0.1) is 15.7 Å². The lowest BCUT2D eigenvalue weighted by atomic mass is 10.2. The van der Waals surface area contributed by atoms with E-state index in [1.807, 2.05) is 18.6 Å². The molecule has 1 N–H and O–H groups in total. The van der Waals surface area contributed by atoms with Crippen molar-refractivity contribution in [1.82, 2.24) is 10.3 Å². The fraction of sp³-hybridized carbons (Fsp3) is 0.222. The maximum absolute atomic E-state index is 4.25. The molecule has 0 radical (unpaired) electrons. The minimum atomic E-state index is 0.916. The Morgan fingerprint density at radius 1 is 1.50 bits per heavy atom. The van der Waals surface area contributed by atoms with E-state index < -0.39 is 0 Å². The molecule has 62 valence electrons. The largest absolute Gasteiger partial charge is 0.316 e. The van der Waals surface area contributed by atoms with Gasteiger partial charge in [-0.25, -0.2) is 4.98 Å². The minimum Gasteiger partial charge on any atom is -0.316 e. The van der Waals surface area contributed by atoms with Crippen molar-refractivity contribution in [3.05, 3.63) is 29.3 Å². The van der Waals surface area contributed by atoms with E-state index in [-0.39, 0.29) is 0 Å². The van der Waals surface area contributed by atoms with Gasteiger partial charge in [-0.2, -0.15) is 0 Å². The highest BCUT2D eigenvalue weighted by Crippen LogP contribution is 2.21. The highest BCUT2D eigenvalue weighted by molar-refractivity contribution is 7.16. The molecular weight excluding hydrogens is 168 g/mol. The normalized spacial score (nSPS) is 10.8. The molecule has 0 atom stereocenters. The second-order valence-corrected chi connectivity index (χ2v) is 3.50. The molecule has 0 unspecified atom stereocenters. The summed E-state index contributed by atoms with van der Waals surface area (Å²) in [6, 6.07) is 6.23. The first-order chi connectivity index (χ1) is 5.92. The van der Waals surface area contributed by atoms with Gasteiger partial charge in [0.25, 0.3) is 0 Å². The Bertz CT molecular complexity index is 381. The fourth-order valence-corrected chi connectivity index (χ4v) is 2.08. The maximum Gasteiger partial charge on any atom is 0.0815 e. The van der Waals surface area contributed by atoms with Crippen LogP contribution >= 0.6 is 11.3 Å². The summed E-state index contributed by atoms with van der Waals surface area (Å²) in [5, 5.41) is 3.14. The van der Waals surface area contributed by atoms with Gasteiger partial charge in [-0.05, 0) is 18.7 Å². The minimum absolute atomic E-state index is 0.916. The van der Waals surface area contributed by atoms with Crippen molar-refractivity contribution in [2.45, 2.75) is 6.54 Å². The van der Waals surface area contributed by atoms with Crippen molar-refractivity contribution >= 4 is 21.6 Å². The Hall–Kier alpha value is -0.930. The molecule has 0 saturated carbocycles. The van der Waals surface area contributed by atoms with Crippen molar-refractivity contribution in [3.63, 3.8) is 0 Å². The first-order valence-electron chi connectivity index (χ1n) is 3.87. The van der Waals surface area contributed by atoms with Crippen LogP contribution in [0.2, 0.25) is 0 Å². The van der Waals surface area contributed by atoms with E-state index in [0.717, 1.165) is 12.1 Å². The molecule has 0 spiro atoms. The molecule has 2 rings (SSSR count). The van der Waals surface area contributed by atoms with E-state index in [9.17, 15) is 0 Å². The Labute approximate surface area is 75.3 Å². The summed E-state index contributed by atoms with van der Waals surface area (Å²) in [6.45, 7) is 0.916. The van der Waals surface area contributed by atoms with E-state index in [0.29, 0.717) is 0 Å². The molecule has 0 bridgehead atoms. The quantitative estimate of drug-likeness (QED) is 0.761. The number of thiazole rings is 1. The number of rotatable bonds is 2. The number of nitrogens with zero attached hydrogens (tertiary/aromatic N) is 1. The molecule has 2 aromatic rings. The number of aromatic nitrogens is 1. The summed E-state index contributed by atoms with van der Waals surface area (Å²) in [4.78, 5) is 4.25. The van der Waals surface area contributed by atoms with Gasteiger partial charge in [0.1, 0.15) is 0 Å². The average Bonchev–Trinajstić information content (AvgIpc) is 2.53. The van der Waals surface area contributed by atoms with E-state index in [4.69, 9.17) is 0 Å². The molecule has 0 saturated heterocycles. The standard InChI is InChI=1S/C9H10N2S/c1-10-5-7-3-2-4-8-9(7)12-6-11-8/h2-4,6,10H,5H2,1H3. The van der Waals surface area contributed by atoms with Crippen LogP contribution in [0.5, 0.6) is 0 Å². The summed E-state index contributed by atoms with van der Waals surface area (Å²) >= 11 is 1.70. The molecule has 0 aliphatic carbocycles. The lowest BCUT2D eigenvalue weighted by Crippen LogP contribution is -2.04. The molecular formula is C9H10N2S. The molecule has 0 aliphatic heterocycles. The van der Waals surface area contributed by atoms with Crippen molar-refractivity contribution in [1.29, 1.82) is 0 Å². The monoisotopic (exact) mass is 178 g/mol. The Balaban J connectivity index is 2.57. The fourth-order valence-electron chi connectivity index (χ4n) is 1.27. The van der Waals surface area contributed by atoms with E-state index in [1.165, 1.54) is 10.3 Å². The van der Waals surface area contributed by atoms with Crippen LogP contribution < -0.4 is 5.32 Å². The van der Waals surface area contributed by atoms with Gasteiger partial charge >= 0.3 is 0 Å². The van der Waals surface area contributed by atoms with Crippen LogP contribution in [-0.2, 0) is 6.54 Å². The molecule has 1 aromatic carbocycles. The third-order valence-corrected chi connectivity index (χ3v) is 2.72. The van der Waals surface area contributed by atoms with E-state index >= 15 is 0 Å². The predicted octanol–water partition coefficient (Wildman–Crippen LogP) is 2.02. The van der Waals surface area contributed by atoms with Gasteiger partial charge in [-0.1, -0.05) is 12.1 Å². The van der Waals surface area contributed by atoms with Crippen LogP contribution in [0.3, 0.4) is 0 Å². The average molecular weight is 178 g/mol. The van der Waals surface area contributed by atoms with Gasteiger partial charge in [-0.3, -0.25) is 0 Å². The number of benzene rings is 1. The number of hydrogen-bond donors (Lipinski definition) is 1. The molecule has 0 fully saturated rings. The molecule has 1 aromatic heterocycles. The van der Waals surface area contributed by atoms with Crippen LogP contribution in [0.15, 0.2) is 23.7 Å². The van der Waals surface area contributed by atoms with Crippen LogP contribution in [-0.4, -0.2) is 12.0 Å². The SMILES string of the molecule is CNCc1cccc2ncsc12. The van der Waals surface area contributed by atoms with Crippen LogP contribution in [0.4, 0.5) is 0 Å². The second-order valence-electron chi connectivity index (χ2n) is 2.65. The maximum atomic E-state index is 4.25. The smallest absolute Gasteiger partial charge is 0.0815 e. The third kappa shape index (κ3) is 1.21. The van der Waals surface area contributed by atoms with Gasteiger partial charge in [0.15, 0.2) is 0 Å². The van der Waals surface area contributed by atoms with Crippen molar-refractivity contribution in [2.75, 3.05) is 7.05 Å². The topological polar surface area (TPSA) is 24.9 Å². The lowest BCUT2D eigenvalue weighted by molar-refractivity contribution is 0.824. The van der Waals surface area contributed by atoms with E-state index in [2.05, 4.69) is 22.4 Å². The zero-order chi connectivity index (χ0) is 8.39. The molecule has 2 nitrogen and oxygen atoms in total. The Morgan fingerprint density at radius 2 is 2.42 bits per heavy atom. The summed E-state index contributed by atoms with van der Waals surface area (Å²) < 4.78 is 1.30. The number of nitrogens with one attached hydrogen (secondary N) is 1. The summed E-state index contributed by atoms with van der Waals surface area (Å²) in [7, 11) is 1.96. The summed E-state index contributed by atoms with van der Waals surface area (Å²) in [5.74, 6) is 0. The molecule has 1 heterocycles. The van der Waals surface area contributed by atoms with Gasteiger partial charge in [-0.15, -0.1) is 11.3 Å². The molecule has 0 amide bonds. The van der Waals surface area contributed by atoms with Crippen molar-refractivity contribution < 1.29 is 0 Å². The van der Waals surface area contributed by atoms with Crippen molar-refractivity contribution in [2.24, 2.45) is 0 Å². The summed E-state index contributed by atoms with van der Waals surface area (Å²) in [5.41, 5.74) is 4.33. The van der Waals surface area contributed by atoms with Crippen LogP contribution in [0, 0.1) is 0 Å². The highest BCUT2D eigenvalue weighted by atomic mass is 32.1.